The number of thiophene rings is 1. The summed E-state index contributed by atoms with van der Waals surface area (Å²) in [4.78, 5) is 2.60. The van der Waals surface area contributed by atoms with Gasteiger partial charge < -0.3 is 5.32 Å². The molecule has 0 bridgehead atoms. The van der Waals surface area contributed by atoms with Crippen molar-refractivity contribution in [3.05, 3.63) is 21.3 Å². The first-order chi connectivity index (χ1) is 9.20. The van der Waals surface area contributed by atoms with Crippen molar-refractivity contribution in [2.24, 2.45) is 0 Å². The number of nitrogens with zero attached hydrogens (tertiary/aromatic N) is 1. The highest BCUT2D eigenvalue weighted by Gasteiger charge is 2.21. The highest BCUT2D eigenvalue weighted by molar-refractivity contribution is 7.14. The summed E-state index contributed by atoms with van der Waals surface area (Å²) in [7, 11) is 0. The summed E-state index contributed by atoms with van der Waals surface area (Å²) in [5.41, 5.74) is 1.36. The van der Waals surface area contributed by atoms with E-state index in [1.165, 1.54) is 37.8 Å². The molecule has 0 amide bonds. The van der Waals surface area contributed by atoms with Crippen LogP contribution >= 0.6 is 22.9 Å². The maximum Gasteiger partial charge on any atom is 0.0931 e. The average molecular weight is 301 g/mol. The molecule has 2 atom stereocenters. The molecule has 1 aliphatic heterocycles. The lowest BCUT2D eigenvalue weighted by Gasteiger charge is -2.34. The average Bonchev–Trinajstić information content (AvgIpc) is 2.85. The Balaban J connectivity index is 1.97. The predicted molar refractivity (Wildman–Crippen MR) is 85.2 cm³/mol. The molecule has 0 aliphatic carbocycles. The molecule has 108 valence electrons. The van der Waals surface area contributed by atoms with E-state index in [1.807, 2.05) is 0 Å². The minimum atomic E-state index is 0.465. The number of halogens is 1. The molecule has 1 aromatic rings. The van der Waals surface area contributed by atoms with Gasteiger partial charge in [-0.25, -0.2) is 0 Å². The van der Waals surface area contributed by atoms with E-state index in [2.05, 4.69) is 35.5 Å². The summed E-state index contributed by atoms with van der Waals surface area (Å²) in [6, 6.07) is 3.25. The van der Waals surface area contributed by atoms with Crippen LogP contribution in [0.25, 0.3) is 0 Å². The van der Waals surface area contributed by atoms with Crippen LogP contribution in [-0.4, -0.2) is 30.6 Å². The quantitative estimate of drug-likeness (QED) is 0.842. The molecule has 2 rings (SSSR count). The van der Waals surface area contributed by atoms with E-state index >= 15 is 0 Å². The van der Waals surface area contributed by atoms with Crippen LogP contribution < -0.4 is 5.32 Å². The van der Waals surface area contributed by atoms with Gasteiger partial charge in [-0.2, -0.15) is 0 Å². The topological polar surface area (TPSA) is 15.3 Å². The fraction of sp³-hybridized carbons (Fsp3) is 0.733. The molecule has 0 spiro atoms. The van der Waals surface area contributed by atoms with E-state index in [4.69, 9.17) is 11.6 Å². The van der Waals surface area contributed by atoms with Crippen LogP contribution in [0.15, 0.2) is 11.4 Å². The van der Waals surface area contributed by atoms with Crippen molar-refractivity contribution < 1.29 is 0 Å². The molecule has 0 aromatic carbocycles. The first kappa shape index (κ1) is 15.3. The number of hydrogen-bond acceptors (Lipinski definition) is 3. The molecule has 1 aliphatic rings. The van der Waals surface area contributed by atoms with Crippen molar-refractivity contribution in [1.82, 2.24) is 10.2 Å². The molecule has 0 saturated carbocycles. The van der Waals surface area contributed by atoms with Crippen molar-refractivity contribution in [3.8, 4) is 0 Å². The third-order valence-corrected chi connectivity index (χ3v) is 5.11. The Morgan fingerprint density at radius 1 is 1.53 bits per heavy atom. The Bertz CT molecular complexity index is 374. The van der Waals surface area contributed by atoms with Gasteiger partial charge >= 0.3 is 0 Å². The first-order valence-corrected chi connectivity index (χ1v) is 8.67. The lowest BCUT2D eigenvalue weighted by Crippen LogP contribution is -2.44. The van der Waals surface area contributed by atoms with Gasteiger partial charge in [0.25, 0.3) is 0 Å². The van der Waals surface area contributed by atoms with Gasteiger partial charge in [0.05, 0.1) is 4.34 Å². The van der Waals surface area contributed by atoms with Crippen LogP contribution in [0.1, 0.15) is 51.1 Å². The zero-order chi connectivity index (χ0) is 13.7. The van der Waals surface area contributed by atoms with Gasteiger partial charge in [-0.05, 0) is 56.3 Å². The molecule has 1 saturated heterocycles. The van der Waals surface area contributed by atoms with E-state index in [0.717, 1.165) is 17.4 Å². The SMILES string of the molecule is CCCN(CC1CCCCN1)C(C)c1csc(Cl)c1. The number of rotatable bonds is 6. The van der Waals surface area contributed by atoms with Gasteiger partial charge in [0, 0.05) is 18.6 Å². The number of piperidine rings is 1. The van der Waals surface area contributed by atoms with Crippen molar-refractivity contribution in [1.29, 1.82) is 0 Å². The standard InChI is InChI=1S/C15H25ClN2S/c1-3-8-18(10-14-6-4-5-7-17-14)12(2)13-9-15(16)19-11-13/h9,11-12,14,17H,3-8,10H2,1-2H3. The van der Waals surface area contributed by atoms with E-state index in [9.17, 15) is 0 Å². The van der Waals surface area contributed by atoms with Crippen LogP contribution in [0.4, 0.5) is 0 Å². The van der Waals surface area contributed by atoms with Gasteiger partial charge in [0.15, 0.2) is 0 Å². The van der Waals surface area contributed by atoms with Gasteiger partial charge in [-0.3, -0.25) is 4.90 Å². The van der Waals surface area contributed by atoms with Crippen molar-refractivity contribution in [2.75, 3.05) is 19.6 Å². The second-order valence-corrected chi connectivity index (χ2v) is 7.04. The fourth-order valence-electron chi connectivity index (χ4n) is 2.85. The zero-order valence-corrected chi connectivity index (χ0v) is 13.6. The maximum absolute atomic E-state index is 6.07. The second-order valence-electron chi connectivity index (χ2n) is 5.50. The molecule has 2 nitrogen and oxygen atoms in total. The minimum absolute atomic E-state index is 0.465. The van der Waals surface area contributed by atoms with Crippen molar-refractivity contribution in [3.63, 3.8) is 0 Å². The normalized spacial score (nSPS) is 21.8. The Hall–Kier alpha value is -0.0900. The number of hydrogen-bond donors (Lipinski definition) is 1. The molecule has 4 heteroatoms. The van der Waals surface area contributed by atoms with Crippen LogP contribution in [0.5, 0.6) is 0 Å². The molecular weight excluding hydrogens is 276 g/mol. The molecule has 1 aromatic heterocycles. The summed E-state index contributed by atoms with van der Waals surface area (Å²) < 4.78 is 0.897. The van der Waals surface area contributed by atoms with E-state index in [0.29, 0.717) is 12.1 Å². The predicted octanol–water partition coefficient (Wildman–Crippen LogP) is 4.32. The van der Waals surface area contributed by atoms with E-state index < -0.39 is 0 Å². The Labute approximate surface area is 126 Å². The lowest BCUT2D eigenvalue weighted by molar-refractivity contribution is 0.176. The largest absolute Gasteiger partial charge is 0.313 e. The monoisotopic (exact) mass is 300 g/mol. The highest BCUT2D eigenvalue weighted by atomic mass is 35.5. The van der Waals surface area contributed by atoms with Gasteiger partial charge in [-0.1, -0.05) is 24.9 Å². The van der Waals surface area contributed by atoms with Crippen LogP contribution in [-0.2, 0) is 0 Å². The summed E-state index contributed by atoms with van der Waals surface area (Å²) >= 11 is 7.70. The minimum Gasteiger partial charge on any atom is -0.313 e. The third kappa shape index (κ3) is 4.45. The van der Waals surface area contributed by atoms with Gasteiger partial charge in [0.2, 0.25) is 0 Å². The number of nitrogens with one attached hydrogen (secondary N) is 1. The van der Waals surface area contributed by atoms with Crippen molar-refractivity contribution in [2.45, 2.75) is 51.6 Å². The maximum atomic E-state index is 6.07. The van der Waals surface area contributed by atoms with Crippen LogP contribution in [0.3, 0.4) is 0 Å². The first-order valence-electron chi connectivity index (χ1n) is 7.42. The highest BCUT2D eigenvalue weighted by Crippen LogP contribution is 2.28. The summed E-state index contributed by atoms with van der Waals surface area (Å²) in [6.45, 7) is 8.06. The fourth-order valence-corrected chi connectivity index (χ4v) is 3.82. The second kappa shape index (κ2) is 7.63. The van der Waals surface area contributed by atoms with E-state index in [1.54, 1.807) is 11.3 Å². The molecular formula is C15H25ClN2S. The van der Waals surface area contributed by atoms with Crippen LogP contribution in [0.2, 0.25) is 4.34 Å². The van der Waals surface area contributed by atoms with Crippen LogP contribution in [0, 0.1) is 0 Å². The van der Waals surface area contributed by atoms with Gasteiger partial charge in [-0.15, -0.1) is 11.3 Å². The summed E-state index contributed by atoms with van der Waals surface area (Å²) in [5, 5.41) is 5.85. The Kier molecular flexibility index (Phi) is 6.14. The van der Waals surface area contributed by atoms with E-state index in [-0.39, 0.29) is 0 Å². The molecule has 2 heterocycles. The molecule has 0 radical (unpaired) electrons. The van der Waals surface area contributed by atoms with Crippen molar-refractivity contribution >= 4 is 22.9 Å². The molecule has 1 N–H and O–H groups in total. The molecule has 19 heavy (non-hydrogen) atoms. The third-order valence-electron chi connectivity index (χ3n) is 4.00. The summed E-state index contributed by atoms with van der Waals surface area (Å²) in [6.07, 6.45) is 5.22. The molecule has 1 fully saturated rings. The zero-order valence-electron chi connectivity index (χ0n) is 12.0. The van der Waals surface area contributed by atoms with Gasteiger partial charge in [0.1, 0.15) is 0 Å². The smallest absolute Gasteiger partial charge is 0.0931 e. The lowest BCUT2D eigenvalue weighted by atomic mass is 10.0. The Morgan fingerprint density at radius 2 is 2.37 bits per heavy atom. The summed E-state index contributed by atoms with van der Waals surface area (Å²) in [5.74, 6) is 0. The Morgan fingerprint density at radius 3 is 2.95 bits per heavy atom. The molecule has 2 unspecified atom stereocenters.